The van der Waals surface area contributed by atoms with E-state index in [0.29, 0.717) is 11.7 Å². The fourth-order valence-corrected chi connectivity index (χ4v) is 2.10. The summed E-state index contributed by atoms with van der Waals surface area (Å²) in [6.07, 6.45) is 1.03. The first-order valence-electron chi connectivity index (χ1n) is 6.92. The predicted molar refractivity (Wildman–Crippen MR) is 81.2 cm³/mol. The minimum atomic E-state index is -0.956. The van der Waals surface area contributed by atoms with Gasteiger partial charge in [-0.15, -0.1) is 0 Å². The van der Waals surface area contributed by atoms with Crippen molar-refractivity contribution in [1.82, 2.24) is 4.98 Å². The van der Waals surface area contributed by atoms with E-state index in [1.54, 1.807) is 6.07 Å². The quantitative estimate of drug-likeness (QED) is 0.869. The van der Waals surface area contributed by atoms with Crippen LogP contribution in [0.1, 0.15) is 37.6 Å². The van der Waals surface area contributed by atoms with Gasteiger partial charge < -0.3 is 10.4 Å². The molecule has 2 atom stereocenters. The Morgan fingerprint density at radius 3 is 2.70 bits per heavy atom. The third kappa shape index (κ3) is 2.90. The lowest BCUT2D eigenvalue weighted by Crippen LogP contribution is -2.25. The van der Waals surface area contributed by atoms with Gasteiger partial charge in [-0.1, -0.05) is 38.5 Å². The number of nitrogens with one attached hydrogen (secondary N) is 1. The molecule has 2 rings (SSSR count). The molecular weight excluding hydrogens is 252 g/mol. The summed E-state index contributed by atoms with van der Waals surface area (Å²) in [5.74, 6) is -0.0592. The van der Waals surface area contributed by atoms with Gasteiger partial charge in [0.05, 0.1) is 5.52 Å². The Balaban J connectivity index is 2.44. The second kappa shape index (κ2) is 5.90. The summed E-state index contributed by atoms with van der Waals surface area (Å²) in [6, 6.07) is 9.39. The summed E-state index contributed by atoms with van der Waals surface area (Å²) in [5, 5.41) is 13.4. The topological polar surface area (TPSA) is 62.2 Å². The minimum Gasteiger partial charge on any atom is -0.478 e. The van der Waals surface area contributed by atoms with Crippen LogP contribution in [0.3, 0.4) is 0 Å². The summed E-state index contributed by atoms with van der Waals surface area (Å²) in [6.45, 7) is 6.31. The van der Waals surface area contributed by atoms with Crippen LogP contribution in [0.25, 0.3) is 10.9 Å². The number of fused-ring (bicyclic) bond motifs is 1. The van der Waals surface area contributed by atoms with Gasteiger partial charge in [0.25, 0.3) is 0 Å². The van der Waals surface area contributed by atoms with Gasteiger partial charge in [0.2, 0.25) is 0 Å². The molecule has 0 aliphatic heterocycles. The zero-order valence-electron chi connectivity index (χ0n) is 12.1. The third-order valence-corrected chi connectivity index (χ3v) is 3.82. The van der Waals surface area contributed by atoms with Crippen LogP contribution in [0.2, 0.25) is 0 Å². The van der Waals surface area contributed by atoms with E-state index >= 15 is 0 Å². The second-order valence-corrected chi connectivity index (χ2v) is 5.20. The third-order valence-electron chi connectivity index (χ3n) is 3.82. The monoisotopic (exact) mass is 272 g/mol. The van der Waals surface area contributed by atoms with Crippen molar-refractivity contribution in [2.24, 2.45) is 5.92 Å². The Kier molecular flexibility index (Phi) is 4.23. The molecule has 20 heavy (non-hydrogen) atoms. The lowest BCUT2D eigenvalue weighted by Gasteiger charge is -2.21. The molecule has 0 fully saturated rings. The molecule has 0 aliphatic carbocycles. The SMILES string of the molecule is CCC(C)C(C)Nc1nc2ccccc2cc1C(=O)O. The molecule has 2 unspecified atom stereocenters. The largest absolute Gasteiger partial charge is 0.478 e. The van der Waals surface area contributed by atoms with Crippen molar-refractivity contribution in [3.63, 3.8) is 0 Å². The van der Waals surface area contributed by atoms with Gasteiger partial charge in [0, 0.05) is 11.4 Å². The van der Waals surface area contributed by atoms with Crippen LogP contribution in [0.15, 0.2) is 30.3 Å². The Labute approximate surface area is 118 Å². The number of carboxylic acid groups (broad SMARTS) is 1. The van der Waals surface area contributed by atoms with Crippen molar-refractivity contribution in [3.8, 4) is 0 Å². The maximum absolute atomic E-state index is 11.4. The van der Waals surface area contributed by atoms with Crippen LogP contribution in [0.4, 0.5) is 5.82 Å². The normalized spacial score (nSPS) is 13.9. The van der Waals surface area contributed by atoms with Crippen LogP contribution >= 0.6 is 0 Å². The standard InChI is InChI=1S/C16H20N2O2/c1-4-10(2)11(3)17-15-13(16(19)20)9-12-7-5-6-8-14(12)18-15/h5-11H,4H2,1-3H3,(H,17,18)(H,19,20). The number of hydrogen-bond donors (Lipinski definition) is 2. The first-order valence-corrected chi connectivity index (χ1v) is 6.92. The Morgan fingerprint density at radius 2 is 2.05 bits per heavy atom. The smallest absolute Gasteiger partial charge is 0.339 e. The lowest BCUT2D eigenvalue weighted by molar-refractivity contribution is 0.0697. The fraction of sp³-hybridized carbons (Fsp3) is 0.375. The first kappa shape index (κ1) is 14.3. The molecule has 106 valence electrons. The fourth-order valence-electron chi connectivity index (χ4n) is 2.10. The highest BCUT2D eigenvalue weighted by Gasteiger charge is 2.17. The number of rotatable bonds is 5. The first-order chi connectivity index (χ1) is 9.52. The molecule has 0 spiro atoms. The number of anilines is 1. The van der Waals surface area contributed by atoms with Gasteiger partial charge in [-0.25, -0.2) is 9.78 Å². The summed E-state index contributed by atoms with van der Waals surface area (Å²) in [5.41, 5.74) is 1.02. The number of aromatic nitrogens is 1. The number of para-hydroxylation sites is 1. The van der Waals surface area contributed by atoms with Gasteiger partial charge in [-0.3, -0.25) is 0 Å². The van der Waals surface area contributed by atoms with Crippen molar-refractivity contribution in [3.05, 3.63) is 35.9 Å². The molecule has 2 aromatic rings. The van der Waals surface area contributed by atoms with Gasteiger partial charge in [-0.05, 0) is 25.0 Å². The van der Waals surface area contributed by atoms with Crippen LogP contribution in [-0.4, -0.2) is 22.1 Å². The second-order valence-electron chi connectivity index (χ2n) is 5.20. The highest BCUT2D eigenvalue weighted by molar-refractivity contribution is 5.98. The summed E-state index contributed by atoms with van der Waals surface area (Å²) < 4.78 is 0. The molecule has 1 aromatic heterocycles. The molecule has 0 saturated heterocycles. The van der Waals surface area contributed by atoms with Gasteiger partial charge >= 0.3 is 5.97 Å². The molecule has 0 amide bonds. The Bertz CT molecular complexity index is 625. The molecule has 4 heteroatoms. The summed E-state index contributed by atoms with van der Waals surface area (Å²) in [4.78, 5) is 15.9. The summed E-state index contributed by atoms with van der Waals surface area (Å²) in [7, 11) is 0. The molecule has 0 radical (unpaired) electrons. The molecule has 0 saturated carbocycles. The van der Waals surface area contributed by atoms with E-state index in [0.717, 1.165) is 17.3 Å². The van der Waals surface area contributed by atoms with Crippen molar-refractivity contribution in [2.75, 3.05) is 5.32 Å². The number of benzene rings is 1. The maximum atomic E-state index is 11.4. The predicted octanol–water partition coefficient (Wildman–Crippen LogP) is 3.78. The van der Waals surface area contributed by atoms with Crippen LogP contribution < -0.4 is 5.32 Å². The average molecular weight is 272 g/mol. The molecule has 1 heterocycles. The van der Waals surface area contributed by atoms with Gasteiger partial charge in [0.1, 0.15) is 11.4 Å². The number of nitrogens with zero attached hydrogens (tertiary/aromatic N) is 1. The molecule has 4 nitrogen and oxygen atoms in total. The van der Waals surface area contributed by atoms with Crippen LogP contribution in [0.5, 0.6) is 0 Å². The zero-order chi connectivity index (χ0) is 14.7. The Morgan fingerprint density at radius 1 is 1.35 bits per heavy atom. The zero-order valence-corrected chi connectivity index (χ0v) is 12.1. The number of aromatic carboxylic acids is 1. The number of carbonyl (C=O) groups is 1. The highest BCUT2D eigenvalue weighted by Crippen LogP contribution is 2.22. The van der Waals surface area contributed by atoms with Gasteiger partial charge in [0.15, 0.2) is 0 Å². The minimum absolute atomic E-state index is 0.173. The number of carboxylic acids is 1. The number of hydrogen-bond acceptors (Lipinski definition) is 3. The average Bonchev–Trinajstić information content (AvgIpc) is 2.45. The lowest BCUT2D eigenvalue weighted by atomic mass is 10.0. The molecule has 2 N–H and O–H groups in total. The van der Waals surface area contributed by atoms with Crippen LogP contribution in [-0.2, 0) is 0 Å². The van der Waals surface area contributed by atoms with E-state index in [9.17, 15) is 9.90 Å². The van der Waals surface area contributed by atoms with Crippen molar-refractivity contribution in [2.45, 2.75) is 33.2 Å². The van der Waals surface area contributed by atoms with Gasteiger partial charge in [-0.2, -0.15) is 0 Å². The van der Waals surface area contributed by atoms with E-state index in [4.69, 9.17) is 0 Å². The van der Waals surface area contributed by atoms with E-state index in [2.05, 4.69) is 31.1 Å². The van der Waals surface area contributed by atoms with E-state index in [-0.39, 0.29) is 11.6 Å². The van der Waals surface area contributed by atoms with Crippen molar-refractivity contribution < 1.29 is 9.90 Å². The summed E-state index contributed by atoms with van der Waals surface area (Å²) >= 11 is 0. The van der Waals surface area contributed by atoms with E-state index in [1.807, 2.05) is 24.3 Å². The van der Waals surface area contributed by atoms with E-state index in [1.165, 1.54) is 0 Å². The van der Waals surface area contributed by atoms with Crippen molar-refractivity contribution >= 4 is 22.7 Å². The number of pyridine rings is 1. The molecule has 0 bridgehead atoms. The molecule has 1 aromatic carbocycles. The van der Waals surface area contributed by atoms with Crippen LogP contribution in [0, 0.1) is 5.92 Å². The van der Waals surface area contributed by atoms with Crippen molar-refractivity contribution in [1.29, 1.82) is 0 Å². The maximum Gasteiger partial charge on any atom is 0.339 e. The molecular formula is C16H20N2O2. The Hall–Kier alpha value is -2.10. The van der Waals surface area contributed by atoms with E-state index < -0.39 is 5.97 Å². The molecule has 0 aliphatic rings. The highest BCUT2D eigenvalue weighted by atomic mass is 16.4.